The van der Waals surface area contributed by atoms with Gasteiger partial charge in [-0.05, 0) is 27.7 Å². The first-order chi connectivity index (χ1) is 7.24. The molecular weight excluding hydrogens is 232 g/mol. The van der Waals surface area contributed by atoms with Crippen LogP contribution in [0.25, 0.3) is 0 Å². The molecule has 0 fully saturated rings. The molecule has 0 rings (SSSR count). The van der Waals surface area contributed by atoms with Crippen LogP contribution in [-0.4, -0.2) is 36.1 Å². The van der Waals surface area contributed by atoms with E-state index in [1.807, 2.05) is 0 Å². The Morgan fingerprint density at radius 2 is 1.94 bits per heavy atom. The van der Waals surface area contributed by atoms with Crippen LogP contribution in [-0.2, 0) is 9.53 Å². The summed E-state index contributed by atoms with van der Waals surface area (Å²) in [5.74, 6) is -0.349. The van der Waals surface area contributed by atoms with Crippen LogP contribution in [0.4, 0.5) is 4.79 Å². The summed E-state index contributed by atoms with van der Waals surface area (Å²) in [5, 5.41) is 5.16. The molecule has 6 heteroatoms. The maximum atomic E-state index is 11.3. The minimum absolute atomic E-state index is 0.0842. The van der Waals surface area contributed by atoms with Crippen LogP contribution >= 0.6 is 11.6 Å². The zero-order chi connectivity index (χ0) is 12.8. The Morgan fingerprint density at radius 1 is 1.38 bits per heavy atom. The molecule has 0 aliphatic carbocycles. The lowest BCUT2D eigenvalue weighted by Gasteiger charge is -2.22. The highest BCUT2D eigenvalue weighted by Gasteiger charge is 2.17. The van der Waals surface area contributed by atoms with Gasteiger partial charge in [-0.25, -0.2) is 4.79 Å². The predicted octanol–water partition coefficient (Wildman–Crippen LogP) is 1.25. The van der Waals surface area contributed by atoms with E-state index in [0.29, 0.717) is 6.54 Å². The van der Waals surface area contributed by atoms with Crippen molar-refractivity contribution in [3.8, 4) is 0 Å². The molecule has 2 N–H and O–H groups in total. The number of nitrogens with one attached hydrogen (secondary N) is 2. The minimum atomic E-state index is -0.525. The molecule has 0 aromatic heterocycles. The van der Waals surface area contributed by atoms with Gasteiger partial charge in [0, 0.05) is 12.6 Å². The van der Waals surface area contributed by atoms with E-state index in [-0.39, 0.29) is 17.8 Å². The molecule has 0 aliphatic rings. The smallest absolute Gasteiger partial charge is 0.407 e. The molecule has 0 aliphatic heterocycles. The molecule has 0 aromatic carbocycles. The second-order valence-electron chi connectivity index (χ2n) is 4.48. The third kappa shape index (κ3) is 8.35. The Hall–Kier alpha value is -0.970. The summed E-state index contributed by atoms with van der Waals surface area (Å²) in [6.45, 7) is 7.44. The van der Waals surface area contributed by atoms with Crippen molar-refractivity contribution < 1.29 is 14.3 Å². The van der Waals surface area contributed by atoms with Crippen LogP contribution < -0.4 is 10.6 Å². The molecule has 0 bridgehead atoms. The van der Waals surface area contributed by atoms with Crippen molar-refractivity contribution in [1.82, 2.24) is 10.6 Å². The Balaban J connectivity index is 3.83. The average molecular weight is 251 g/mol. The molecule has 0 saturated heterocycles. The normalized spacial score (nSPS) is 12.8. The average Bonchev–Trinajstić information content (AvgIpc) is 2.10. The zero-order valence-electron chi connectivity index (χ0n) is 10.1. The van der Waals surface area contributed by atoms with Gasteiger partial charge in [-0.2, -0.15) is 0 Å². The second-order valence-corrected chi connectivity index (χ2v) is 4.75. The highest BCUT2D eigenvalue weighted by molar-refractivity contribution is 6.27. The maximum absolute atomic E-state index is 11.3. The molecule has 0 spiro atoms. The third-order valence-corrected chi connectivity index (χ3v) is 1.73. The van der Waals surface area contributed by atoms with Crippen LogP contribution in [0.1, 0.15) is 27.7 Å². The highest BCUT2D eigenvalue weighted by Crippen LogP contribution is 2.06. The van der Waals surface area contributed by atoms with Gasteiger partial charge in [0.05, 0.1) is 0 Å². The number of alkyl halides is 1. The van der Waals surface area contributed by atoms with Gasteiger partial charge in [-0.3, -0.25) is 4.79 Å². The van der Waals surface area contributed by atoms with Gasteiger partial charge in [-0.15, -0.1) is 11.6 Å². The molecule has 0 unspecified atom stereocenters. The number of carbonyl (C=O) groups is 2. The van der Waals surface area contributed by atoms with Crippen molar-refractivity contribution in [3.63, 3.8) is 0 Å². The summed E-state index contributed by atoms with van der Waals surface area (Å²) in [5.41, 5.74) is -0.525. The van der Waals surface area contributed by atoms with Gasteiger partial charge in [0.2, 0.25) is 5.91 Å². The van der Waals surface area contributed by atoms with E-state index in [1.165, 1.54) is 0 Å². The third-order valence-electron chi connectivity index (χ3n) is 1.49. The van der Waals surface area contributed by atoms with Crippen molar-refractivity contribution in [3.05, 3.63) is 0 Å². The number of hydrogen-bond acceptors (Lipinski definition) is 3. The van der Waals surface area contributed by atoms with E-state index in [4.69, 9.17) is 16.3 Å². The van der Waals surface area contributed by atoms with E-state index in [1.54, 1.807) is 27.7 Å². The largest absolute Gasteiger partial charge is 0.444 e. The van der Waals surface area contributed by atoms with Crippen LogP contribution in [0.15, 0.2) is 0 Å². The van der Waals surface area contributed by atoms with E-state index in [0.717, 1.165) is 0 Å². The Morgan fingerprint density at radius 3 is 2.38 bits per heavy atom. The molecule has 0 saturated carbocycles. The lowest BCUT2D eigenvalue weighted by molar-refractivity contribution is -0.118. The summed E-state index contributed by atoms with van der Waals surface area (Å²) in [7, 11) is 0. The number of amides is 2. The minimum Gasteiger partial charge on any atom is -0.444 e. The summed E-state index contributed by atoms with van der Waals surface area (Å²) in [4.78, 5) is 22.2. The Kier molecular flexibility index (Phi) is 6.18. The van der Waals surface area contributed by atoms with E-state index >= 15 is 0 Å². The van der Waals surface area contributed by atoms with Crippen molar-refractivity contribution in [2.24, 2.45) is 0 Å². The molecule has 16 heavy (non-hydrogen) atoms. The lowest BCUT2D eigenvalue weighted by atomic mass is 10.2. The molecule has 5 nitrogen and oxygen atoms in total. The summed E-state index contributed by atoms with van der Waals surface area (Å²) in [6.07, 6.45) is -0.500. The number of hydrogen-bond donors (Lipinski definition) is 2. The number of carbonyl (C=O) groups excluding carboxylic acids is 2. The lowest BCUT2D eigenvalue weighted by Crippen LogP contribution is -2.44. The second kappa shape index (κ2) is 6.58. The fraction of sp³-hybridized carbons (Fsp3) is 0.800. The van der Waals surface area contributed by atoms with Gasteiger partial charge in [-0.1, -0.05) is 0 Å². The van der Waals surface area contributed by atoms with Crippen molar-refractivity contribution >= 4 is 23.6 Å². The van der Waals surface area contributed by atoms with Gasteiger partial charge in [0.25, 0.3) is 0 Å². The SMILES string of the molecule is C[C@H](CNC(=O)CCl)NC(=O)OC(C)(C)C. The topological polar surface area (TPSA) is 67.4 Å². The molecule has 0 heterocycles. The van der Waals surface area contributed by atoms with Crippen LogP contribution in [0.5, 0.6) is 0 Å². The molecule has 0 aromatic rings. The van der Waals surface area contributed by atoms with E-state index in [9.17, 15) is 9.59 Å². The van der Waals surface area contributed by atoms with Crippen molar-refractivity contribution in [2.75, 3.05) is 12.4 Å². The summed E-state index contributed by atoms with van der Waals surface area (Å²) >= 11 is 5.30. The first-order valence-electron chi connectivity index (χ1n) is 5.07. The molecular formula is C10H19ClN2O3. The number of halogens is 1. The summed E-state index contributed by atoms with van der Waals surface area (Å²) in [6, 6.07) is -0.206. The highest BCUT2D eigenvalue weighted by atomic mass is 35.5. The molecule has 1 atom stereocenters. The summed E-state index contributed by atoms with van der Waals surface area (Å²) < 4.78 is 5.05. The number of ether oxygens (including phenoxy) is 1. The van der Waals surface area contributed by atoms with Crippen molar-refractivity contribution in [1.29, 1.82) is 0 Å². The predicted molar refractivity (Wildman–Crippen MR) is 62.6 cm³/mol. The maximum Gasteiger partial charge on any atom is 0.407 e. The van der Waals surface area contributed by atoms with Crippen LogP contribution in [0, 0.1) is 0 Å². The monoisotopic (exact) mass is 250 g/mol. The molecule has 94 valence electrons. The Labute approximate surface area is 101 Å². The fourth-order valence-electron chi connectivity index (χ4n) is 0.874. The number of alkyl carbamates (subject to hydrolysis) is 1. The van der Waals surface area contributed by atoms with Gasteiger partial charge < -0.3 is 15.4 Å². The van der Waals surface area contributed by atoms with Crippen LogP contribution in [0.2, 0.25) is 0 Å². The Bertz CT molecular complexity index is 251. The first-order valence-corrected chi connectivity index (χ1v) is 5.60. The van der Waals surface area contributed by atoms with E-state index in [2.05, 4.69) is 10.6 Å². The van der Waals surface area contributed by atoms with Crippen molar-refractivity contribution in [2.45, 2.75) is 39.3 Å². The molecule has 0 radical (unpaired) electrons. The van der Waals surface area contributed by atoms with Crippen LogP contribution in [0.3, 0.4) is 0 Å². The zero-order valence-corrected chi connectivity index (χ0v) is 10.9. The standard InChI is InChI=1S/C10H19ClN2O3/c1-7(6-12-8(14)5-11)13-9(15)16-10(2,3)4/h7H,5-6H2,1-4H3,(H,12,14)(H,13,15)/t7-/m1/s1. The first kappa shape index (κ1) is 15.0. The van der Waals surface area contributed by atoms with Gasteiger partial charge >= 0.3 is 6.09 Å². The number of rotatable bonds is 4. The van der Waals surface area contributed by atoms with Gasteiger partial charge in [0.15, 0.2) is 0 Å². The van der Waals surface area contributed by atoms with Gasteiger partial charge in [0.1, 0.15) is 11.5 Å². The molecule has 2 amide bonds. The quantitative estimate of drug-likeness (QED) is 0.738. The fourth-order valence-corrected chi connectivity index (χ4v) is 0.968. The van der Waals surface area contributed by atoms with E-state index < -0.39 is 11.7 Å².